The van der Waals surface area contributed by atoms with Gasteiger partial charge in [0.25, 0.3) is 0 Å². The van der Waals surface area contributed by atoms with Crippen molar-refractivity contribution >= 4 is 22.4 Å². The quantitative estimate of drug-likeness (QED) is 0.367. The summed E-state index contributed by atoms with van der Waals surface area (Å²) in [7, 11) is 1.58. The molecule has 2 rings (SSSR count). The molecule has 1 unspecified atom stereocenters. The second kappa shape index (κ2) is 9.33. The summed E-state index contributed by atoms with van der Waals surface area (Å²) in [5, 5.41) is 3.27. The number of hydrogen-bond donors (Lipinski definition) is 3. The van der Waals surface area contributed by atoms with Gasteiger partial charge < -0.3 is 14.8 Å². The van der Waals surface area contributed by atoms with Gasteiger partial charge in [0.05, 0.1) is 17.7 Å². The molecule has 26 heavy (non-hydrogen) atoms. The summed E-state index contributed by atoms with van der Waals surface area (Å²) < 4.78 is 10.6. The molecular weight excluding hydrogens is 352 g/mol. The van der Waals surface area contributed by atoms with E-state index < -0.39 is 0 Å². The molecule has 0 radical (unpaired) electrons. The number of ether oxygens (including phenoxy) is 2. The third-order valence-electron chi connectivity index (χ3n) is 3.64. The molecule has 1 aromatic rings. The number of hydrazine groups is 1. The number of allylic oxidation sites excluding steroid dienone is 2. The lowest BCUT2D eigenvalue weighted by molar-refractivity contribution is -0.114. The van der Waals surface area contributed by atoms with Gasteiger partial charge in [0.2, 0.25) is 5.91 Å². The van der Waals surface area contributed by atoms with Crippen LogP contribution in [-0.2, 0) is 20.9 Å². The summed E-state index contributed by atoms with van der Waals surface area (Å²) >= 11 is 1.41. The van der Waals surface area contributed by atoms with Crippen molar-refractivity contribution in [1.29, 1.82) is 0 Å². The Morgan fingerprint density at radius 1 is 1.50 bits per heavy atom. The lowest BCUT2D eigenvalue weighted by atomic mass is 10.1. The van der Waals surface area contributed by atoms with E-state index >= 15 is 0 Å². The van der Waals surface area contributed by atoms with Crippen LogP contribution < -0.4 is 16.2 Å². The van der Waals surface area contributed by atoms with Gasteiger partial charge in [-0.05, 0) is 18.6 Å². The van der Waals surface area contributed by atoms with E-state index in [1.165, 1.54) is 18.3 Å². The fraction of sp³-hybridized carbons (Fsp3) is 0.333. The Kier molecular flexibility index (Phi) is 7.14. The predicted octanol–water partition coefficient (Wildman–Crippen LogP) is 2.94. The van der Waals surface area contributed by atoms with Gasteiger partial charge >= 0.3 is 0 Å². The maximum Gasteiger partial charge on any atom is 0.223 e. The van der Waals surface area contributed by atoms with Crippen LogP contribution in [0.25, 0.3) is 0 Å². The van der Waals surface area contributed by atoms with E-state index in [1.807, 2.05) is 19.1 Å². The topological polar surface area (TPSA) is 84.5 Å². The number of thiazole rings is 1. The van der Waals surface area contributed by atoms with E-state index in [1.54, 1.807) is 13.2 Å². The van der Waals surface area contributed by atoms with E-state index in [-0.39, 0.29) is 11.9 Å². The van der Waals surface area contributed by atoms with Crippen molar-refractivity contribution in [3.8, 4) is 0 Å². The van der Waals surface area contributed by atoms with Crippen molar-refractivity contribution in [3.05, 3.63) is 59.0 Å². The van der Waals surface area contributed by atoms with Crippen LogP contribution in [0.15, 0.2) is 48.5 Å². The SMILES string of the molecule is C=C(/C=C\C(=C/C)CNNC1C(=C)OCc2nc(NC(C)=O)sc21)OC. The molecule has 0 aliphatic carbocycles. The third kappa shape index (κ3) is 5.29. The molecule has 2 heterocycles. The highest BCUT2D eigenvalue weighted by atomic mass is 32.1. The minimum Gasteiger partial charge on any atom is -0.497 e. The lowest BCUT2D eigenvalue weighted by Gasteiger charge is -2.25. The normalized spacial score (nSPS) is 17.0. The average molecular weight is 376 g/mol. The van der Waals surface area contributed by atoms with Crippen molar-refractivity contribution in [2.45, 2.75) is 26.5 Å². The Bertz CT molecular complexity index is 752. The van der Waals surface area contributed by atoms with Crippen LogP contribution in [0.2, 0.25) is 0 Å². The Labute approximate surface area is 157 Å². The number of nitrogens with zero attached hydrogens (tertiary/aromatic N) is 1. The fourth-order valence-corrected chi connectivity index (χ4v) is 3.30. The smallest absolute Gasteiger partial charge is 0.223 e. The molecule has 0 spiro atoms. The molecule has 0 saturated heterocycles. The van der Waals surface area contributed by atoms with Crippen LogP contribution in [0.1, 0.15) is 30.5 Å². The minimum atomic E-state index is -0.241. The Balaban J connectivity index is 2.00. The standard InChI is InChI=1S/C18H24N4O3S/c1-6-14(8-7-11(2)24-5)9-19-22-16-12(3)25-10-15-17(16)26-18(21-15)20-13(4)23/h6-8,16,19,22H,2-3,9-10H2,1,4-5H3,(H,20,21,23)/b8-7-,14-6+. The number of hydrogen-bond acceptors (Lipinski definition) is 7. The number of carbonyl (C=O) groups is 1. The number of carbonyl (C=O) groups excluding carboxylic acids is 1. The number of aromatic nitrogens is 1. The van der Waals surface area contributed by atoms with Gasteiger partial charge in [0.15, 0.2) is 5.13 Å². The molecule has 1 aliphatic heterocycles. The first-order valence-corrected chi connectivity index (χ1v) is 8.89. The van der Waals surface area contributed by atoms with Crippen molar-refractivity contribution in [2.75, 3.05) is 19.0 Å². The first-order valence-electron chi connectivity index (χ1n) is 8.08. The van der Waals surface area contributed by atoms with Crippen LogP contribution in [0.5, 0.6) is 0 Å². The zero-order valence-electron chi connectivity index (χ0n) is 15.2. The number of nitrogens with one attached hydrogen (secondary N) is 3. The van der Waals surface area contributed by atoms with Crippen LogP contribution >= 0.6 is 11.3 Å². The summed E-state index contributed by atoms with van der Waals surface area (Å²) in [5.41, 5.74) is 8.25. The average Bonchev–Trinajstić information content (AvgIpc) is 3.01. The number of rotatable bonds is 8. The molecule has 1 aliphatic rings. The predicted molar refractivity (Wildman–Crippen MR) is 103 cm³/mol. The molecule has 0 fully saturated rings. The summed E-state index contributed by atoms with van der Waals surface area (Å²) in [6.45, 7) is 12.1. The van der Waals surface area contributed by atoms with Crippen molar-refractivity contribution < 1.29 is 14.3 Å². The molecule has 3 N–H and O–H groups in total. The molecule has 1 atom stereocenters. The third-order valence-corrected chi connectivity index (χ3v) is 4.72. The number of fused-ring (bicyclic) bond motifs is 1. The molecule has 1 aromatic heterocycles. The lowest BCUT2D eigenvalue weighted by Crippen LogP contribution is -2.38. The largest absolute Gasteiger partial charge is 0.497 e. The van der Waals surface area contributed by atoms with Crippen LogP contribution in [0.3, 0.4) is 0 Å². The molecule has 0 bridgehead atoms. The van der Waals surface area contributed by atoms with Crippen molar-refractivity contribution in [2.24, 2.45) is 0 Å². The van der Waals surface area contributed by atoms with Crippen molar-refractivity contribution in [3.63, 3.8) is 0 Å². The molecule has 7 nitrogen and oxygen atoms in total. The molecule has 140 valence electrons. The summed E-state index contributed by atoms with van der Waals surface area (Å²) in [6, 6.07) is -0.241. The van der Waals surface area contributed by atoms with Gasteiger partial charge in [0, 0.05) is 13.5 Å². The van der Waals surface area contributed by atoms with E-state index in [2.05, 4.69) is 34.3 Å². The van der Waals surface area contributed by atoms with Crippen LogP contribution in [-0.4, -0.2) is 24.5 Å². The van der Waals surface area contributed by atoms with E-state index in [0.717, 1.165) is 16.1 Å². The Morgan fingerprint density at radius 3 is 2.92 bits per heavy atom. The molecule has 0 saturated carbocycles. The molecule has 1 amide bonds. The molecular formula is C18H24N4O3S. The first kappa shape index (κ1) is 19.9. The minimum absolute atomic E-state index is 0.152. The van der Waals surface area contributed by atoms with Crippen LogP contribution in [0, 0.1) is 0 Å². The van der Waals surface area contributed by atoms with Gasteiger partial charge in [-0.25, -0.2) is 10.4 Å². The Morgan fingerprint density at radius 2 is 2.27 bits per heavy atom. The van der Waals surface area contributed by atoms with Gasteiger partial charge in [-0.2, -0.15) is 0 Å². The summed E-state index contributed by atoms with van der Waals surface area (Å²) in [5.74, 6) is 1.04. The zero-order chi connectivity index (χ0) is 19.1. The van der Waals surface area contributed by atoms with Gasteiger partial charge in [-0.3, -0.25) is 10.2 Å². The number of anilines is 1. The van der Waals surface area contributed by atoms with E-state index in [4.69, 9.17) is 9.47 Å². The monoisotopic (exact) mass is 376 g/mol. The van der Waals surface area contributed by atoms with Crippen molar-refractivity contribution in [1.82, 2.24) is 15.8 Å². The maximum absolute atomic E-state index is 11.2. The fourth-order valence-electron chi connectivity index (χ4n) is 2.21. The molecule has 8 heteroatoms. The number of methoxy groups -OCH3 is 1. The van der Waals surface area contributed by atoms with E-state index in [9.17, 15) is 4.79 Å². The van der Waals surface area contributed by atoms with E-state index in [0.29, 0.717) is 29.8 Å². The molecule has 0 aromatic carbocycles. The highest BCUT2D eigenvalue weighted by molar-refractivity contribution is 7.16. The zero-order valence-corrected chi connectivity index (χ0v) is 16.0. The Hall–Kier alpha value is -2.42. The highest BCUT2D eigenvalue weighted by Crippen LogP contribution is 2.37. The van der Waals surface area contributed by atoms with Gasteiger partial charge in [0.1, 0.15) is 24.2 Å². The highest BCUT2D eigenvalue weighted by Gasteiger charge is 2.28. The summed E-state index contributed by atoms with van der Waals surface area (Å²) in [4.78, 5) is 16.6. The summed E-state index contributed by atoms with van der Waals surface area (Å²) in [6.07, 6.45) is 5.73. The van der Waals surface area contributed by atoms with Gasteiger partial charge in [-0.15, -0.1) is 0 Å². The second-order valence-electron chi connectivity index (χ2n) is 5.56. The number of amides is 1. The van der Waals surface area contributed by atoms with Gasteiger partial charge in [-0.1, -0.05) is 36.6 Å². The second-order valence-corrected chi connectivity index (χ2v) is 6.60. The van der Waals surface area contributed by atoms with Crippen LogP contribution in [0.4, 0.5) is 5.13 Å². The maximum atomic E-state index is 11.2. The first-order chi connectivity index (χ1) is 12.4.